The van der Waals surface area contributed by atoms with E-state index < -0.39 is 4.92 Å². The van der Waals surface area contributed by atoms with E-state index in [2.05, 4.69) is 4.99 Å². The highest BCUT2D eigenvalue weighted by Crippen LogP contribution is 2.18. The maximum absolute atomic E-state index is 12.8. The second kappa shape index (κ2) is 7.44. The number of carbonyl (C=O) groups is 1. The number of ketones is 1. The van der Waals surface area contributed by atoms with Crippen LogP contribution in [0.3, 0.4) is 0 Å². The van der Waals surface area contributed by atoms with Gasteiger partial charge in [-0.15, -0.1) is 0 Å². The summed E-state index contributed by atoms with van der Waals surface area (Å²) in [7, 11) is 0. The molecule has 1 aliphatic rings. The lowest BCUT2D eigenvalue weighted by Crippen LogP contribution is -2.42. The summed E-state index contributed by atoms with van der Waals surface area (Å²) in [5.41, 5.74) is 1.98. The van der Waals surface area contributed by atoms with Gasteiger partial charge in [-0.05, 0) is 42.8 Å². The van der Waals surface area contributed by atoms with Crippen LogP contribution < -0.4 is 19.8 Å². The van der Waals surface area contributed by atoms with Gasteiger partial charge >= 0.3 is 0 Å². The third-order valence-electron chi connectivity index (χ3n) is 4.60. The number of non-ortho nitro benzene ring substituents is 1. The third-order valence-corrected chi connectivity index (χ3v) is 5.64. The fraction of sp³-hybridized carbons (Fsp3) is 0.150. The normalized spacial score (nSPS) is 13.7. The Morgan fingerprint density at radius 3 is 2.69 bits per heavy atom. The summed E-state index contributed by atoms with van der Waals surface area (Å²) < 4.78 is 2.10. The summed E-state index contributed by atoms with van der Waals surface area (Å²) in [6, 6.07) is 13.3. The average Bonchev–Trinajstić information content (AvgIpc) is 3.03. The van der Waals surface area contributed by atoms with Gasteiger partial charge in [-0.3, -0.25) is 24.3 Å². The van der Waals surface area contributed by atoms with Crippen molar-refractivity contribution in [3.63, 3.8) is 0 Å². The number of nitro benzene ring substituents is 1. The zero-order valence-electron chi connectivity index (χ0n) is 15.4. The lowest BCUT2D eigenvalue weighted by molar-refractivity contribution is -0.384. The molecule has 0 N–H and O–H groups in total. The van der Waals surface area contributed by atoms with Gasteiger partial charge in [0.25, 0.3) is 11.2 Å². The first-order valence-corrected chi connectivity index (χ1v) is 9.60. The summed E-state index contributed by atoms with van der Waals surface area (Å²) in [4.78, 5) is 41.8. The molecule has 146 valence electrons. The van der Waals surface area contributed by atoms with Crippen LogP contribution in [0, 0.1) is 10.1 Å². The van der Waals surface area contributed by atoms with Gasteiger partial charge in [-0.25, -0.2) is 4.99 Å². The maximum atomic E-state index is 12.8. The van der Waals surface area contributed by atoms with Crippen molar-refractivity contribution < 1.29 is 9.72 Å². The monoisotopic (exact) mass is 408 g/mol. The molecule has 9 heteroatoms. The Kier molecular flexibility index (Phi) is 4.81. The largest absolute Gasteiger partial charge is 0.334 e. The van der Waals surface area contributed by atoms with Gasteiger partial charge in [0.15, 0.2) is 10.6 Å². The van der Waals surface area contributed by atoms with E-state index in [0.29, 0.717) is 33.8 Å². The minimum absolute atomic E-state index is 0.00257. The van der Waals surface area contributed by atoms with Crippen LogP contribution in [0.2, 0.25) is 0 Å². The number of hydrogen-bond acceptors (Lipinski definition) is 7. The minimum atomic E-state index is -0.461. The van der Waals surface area contributed by atoms with Crippen molar-refractivity contribution in [2.75, 3.05) is 11.6 Å². The fourth-order valence-corrected chi connectivity index (χ4v) is 4.00. The molecular formula is C20H16N4O4S. The molecule has 0 bridgehead atoms. The zero-order valence-corrected chi connectivity index (χ0v) is 16.3. The summed E-state index contributed by atoms with van der Waals surface area (Å²) in [5.74, 6) is -0.0193. The number of carbonyl (C=O) groups excluding carboxylic acids is 1. The molecule has 0 saturated heterocycles. The molecule has 0 atom stereocenters. The summed E-state index contributed by atoms with van der Waals surface area (Å²) in [6.07, 6.45) is 1.71. The number of benzene rings is 2. The number of Topliss-reactive ketones (excluding diaryl/α,β-unsaturated/α-hetero) is 1. The van der Waals surface area contributed by atoms with Crippen LogP contribution in [-0.2, 0) is 6.67 Å². The van der Waals surface area contributed by atoms with Crippen molar-refractivity contribution in [1.82, 2.24) is 4.57 Å². The Bertz CT molecular complexity index is 1290. The molecule has 0 fully saturated rings. The molecule has 0 saturated carbocycles. The molecule has 0 unspecified atom stereocenters. The van der Waals surface area contributed by atoms with E-state index in [1.165, 1.54) is 30.4 Å². The van der Waals surface area contributed by atoms with Crippen molar-refractivity contribution >= 4 is 34.6 Å². The van der Waals surface area contributed by atoms with E-state index in [9.17, 15) is 19.7 Å². The quantitative estimate of drug-likeness (QED) is 0.373. The number of anilines is 1. The molecule has 4 rings (SSSR count). The first kappa shape index (κ1) is 18.8. The predicted octanol–water partition coefficient (Wildman–Crippen LogP) is 1.90. The number of nitro groups is 1. The van der Waals surface area contributed by atoms with E-state index in [-0.39, 0.29) is 17.0 Å². The van der Waals surface area contributed by atoms with Crippen LogP contribution in [0.1, 0.15) is 22.8 Å². The molecule has 29 heavy (non-hydrogen) atoms. The first-order chi connectivity index (χ1) is 13.9. The van der Waals surface area contributed by atoms with Crippen LogP contribution in [0.5, 0.6) is 0 Å². The van der Waals surface area contributed by atoms with Gasteiger partial charge < -0.3 is 4.90 Å². The molecule has 0 amide bonds. The molecule has 0 spiro atoms. The molecular weight excluding hydrogens is 392 g/mol. The molecule has 1 aromatic heterocycles. The molecule has 1 aliphatic heterocycles. The number of hydrogen-bond donors (Lipinski definition) is 0. The highest BCUT2D eigenvalue weighted by Gasteiger charge is 2.16. The zero-order chi connectivity index (χ0) is 20.5. The van der Waals surface area contributed by atoms with Crippen LogP contribution in [0.15, 0.2) is 58.3 Å². The van der Waals surface area contributed by atoms with E-state index in [1.54, 1.807) is 34.9 Å². The lowest BCUT2D eigenvalue weighted by Gasteiger charge is -2.25. The smallest absolute Gasteiger partial charge is 0.271 e. The van der Waals surface area contributed by atoms with Gasteiger partial charge in [-0.2, -0.15) is 0 Å². The molecule has 0 aliphatic carbocycles. The average molecular weight is 408 g/mol. The van der Waals surface area contributed by atoms with E-state index in [0.717, 1.165) is 5.69 Å². The number of aromatic nitrogens is 1. The summed E-state index contributed by atoms with van der Waals surface area (Å²) >= 11 is 1.29. The van der Waals surface area contributed by atoms with Crippen molar-refractivity contribution in [3.8, 4) is 0 Å². The Hall–Kier alpha value is -3.59. The van der Waals surface area contributed by atoms with Gasteiger partial charge in [0.05, 0.1) is 9.46 Å². The minimum Gasteiger partial charge on any atom is -0.334 e. The summed E-state index contributed by atoms with van der Waals surface area (Å²) in [6.45, 7) is 2.24. The van der Waals surface area contributed by atoms with E-state index >= 15 is 0 Å². The second-order valence-corrected chi connectivity index (χ2v) is 7.57. The van der Waals surface area contributed by atoms with Crippen LogP contribution in [0.4, 0.5) is 11.4 Å². The molecule has 2 heterocycles. The van der Waals surface area contributed by atoms with E-state index in [1.807, 2.05) is 17.0 Å². The maximum Gasteiger partial charge on any atom is 0.271 e. The number of thiazole rings is 1. The predicted molar refractivity (Wildman–Crippen MR) is 110 cm³/mol. The Labute approximate surface area is 168 Å². The van der Waals surface area contributed by atoms with Crippen LogP contribution >= 0.6 is 11.3 Å². The molecule has 2 aromatic carbocycles. The standard InChI is InChI=1S/C20H16N4O4S/c1-13(25)15-3-2-4-17(10-15)22-11-21-20-23(12-22)19(26)18(29-20)9-14-5-7-16(8-6-14)24(27)28/h2-10H,11-12H2,1H3. The van der Waals surface area contributed by atoms with Crippen molar-refractivity contribution in [1.29, 1.82) is 0 Å². The number of rotatable bonds is 4. The topological polar surface area (TPSA) is 97.8 Å². The van der Waals surface area contributed by atoms with Crippen LogP contribution in [0.25, 0.3) is 6.08 Å². The second-order valence-electron chi connectivity index (χ2n) is 6.56. The highest BCUT2D eigenvalue weighted by molar-refractivity contribution is 7.07. The summed E-state index contributed by atoms with van der Waals surface area (Å²) in [5, 5.41) is 10.8. The van der Waals surface area contributed by atoms with Gasteiger partial charge in [0, 0.05) is 23.4 Å². The van der Waals surface area contributed by atoms with Crippen molar-refractivity contribution in [3.05, 3.63) is 89.5 Å². The fourth-order valence-electron chi connectivity index (χ4n) is 3.04. The molecule has 8 nitrogen and oxygen atoms in total. The third kappa shape index (κ3) is 3.72. The Morgan fingerprint density at radius 1 is 1.24 bits per heavy atom. The van der Waals surface area contributed by atoms with Crippen molar-refractivity contribution in [2.45, 2.75) is 13.6 Å². The number of nitrogens with zero attached hydrogens (tertiary/aromatic N) is 4. The number of fused-ring (bicyclic) bond motifs is 1. The highest BCUT2D eigenvalue weighted by atomic mass is 32.1. The molecule has 0 radical (unpaired) electrons. The van der Waals surface area contributed by atoms with Gasteiger partial charge in [-0.1, -0.05) is 23.5 Å². The van der Waals surface area contributed by atoms with Gasteiger partial charge in [0.2, 0.25) is 0 Å². The lowest BCUT2D eigenvalue weighted by atomic mass is 10.1. The van der Waals surface area contributed by atoms with E-state index in [4.69, 9.17) is 0 Å². The van der Waals surface area contributed by atoms with Crippen molar-refractivity contribution in [2.24, 2.45) is 4.99 Å². The first-order valence-electron chi connectivity index (χ1n) is 8.78. The van der Waals surface area contributed by atoms with Gasteiger partial charge in [0.1, 0.15) is 13.3 Å². The Morgan fingerprint density at radius 2 is 2.00 bits per heavy atom. The Balaban J connectivity index is 1.66. The molecule has 3 aromatic rings. The SMILES string of the molecule is CC(=O)c1cccc(N2CN=c3sc(=Cc4ccc([N+](=O)[O-])cc4)c(=O)n3C2)c1. The van der Waals surface area contributed by atoms with Crippen LogP contribution in [-0.4, -0.2) is 21.9 Å².